The lowest BCUT2D eigenvalue weighted by molar-refractivity contribution is -0.384. The SMILES string of the molecule is CS(=O)(=O)N(CC(=O)NCCCSCc1ccccc1F)c1cccc([N+](=O)[O-])c1. The average molecular weight is 456 g/mol. The minimum atomic E-state index is -3.82. The van der Waals surface area contributed by atoms with Crippen LogP contribution in [0.4, 0.5) is 15.8 Å². The number of benzene rings is 2. The number of anilines is 1. The number of carbonyl (C=O) groups excluding carboxylic acids is 1. The lowest BCUT2D eigenvalue weighted by atomic mass is 10.2. The Morgan fingerprint density at radius 1 is 1.23 bits per heavy atom. The van der Waals surface area contributed by atoms with Crippen LogP contribution in [-0.2, 0) is 20.6 Å². The van der Waals surface area contributed by atoms with E-state index >= 15 is 0 Å². The number of amides is 1. The van der Waals surface area contributed by atoms with Crippen LogP contribution in [0.3, 0.4) is 0 Å². The molecule has 0 bridgehead atoms. The third-order valence-electron chi connectivity index (χ3n) is 4.02. The first-order valence-corrected chi connectivity index (χ1v) is 12.0. The number of hydrogen-bond acceptors (Lipinski definition) is 6. The quantitative estimate of drug-likeness (QED) is 0.317. The van der Waals surface area contributed by atoms with Gasteiger partial charge in [-0.3, -0.25) is 19.2 Å². The third kappa shape index (κ3) is 7.30. The van der Waals surface area contributed by atoms with Crippen LogP contribution in [0.25, 0.3) is 0 Å². The molecule has 1 amide bonds. The molecule has 2 rings (SSSR count). The van der Waals surface area contributed by atoms with E-state index in [0.717, 1.165) is 16.6 Å². The van der Waals surface area contributed by atoms with Crippen LogP contribution in [0.15, 0.2) is 48.5 Å². The van der Waals surface area contributed by atoms with Crippen LogP contribution in [0.2, 0.25) is 0 Å². The fourth-order valence-corrected chi connectivity index (χ4v) is 4.34. The second kappa shape index (κ2) is 10.9. The summed E-state index contributed by atoms with van der Waals surface area (Å²) in [5.41, 5.74) is 0.392. The van der Waals surface area contributed by atoms with Crippen LogP contribution >= 0.6 is 11.8 Å². The van der Waals surface area contributed by atoms with E-state index in [1.54, 1.807) is 18.2 Å². The van der Waals surface area contributed by atoms with Crippen LogP contribution < -0.4 is 9.62 Å². The highest BCUT2D eigenvalue weighted by molar-refractivity contribution is 7.98. The Morgan fingerprint density at radius 3 is 2.63 bits per heavy atom. The van der Waals surface area contributed by atoms with Gasteiger partial charge in [0.2, 0.25) is 15.9 Å². The van der Waals surface area contributed by atoms with Crippen molar-refractivity contribution in [1.82, 2.24) is 5.32 Å². The number of non-ortho nitro benzene ring substituents is 1. The molecule has 0 unspecified atom stereocenters. The highest BCUT2D eigenvalue weighted by atomic mass is 32.2. The van der Waals surface area contributed by atoms with Crippen molar-refractivity contribution in [2.24, 2.45) is 0 Å². The van der Waals surface area contributed by atoms with Gasteiger partial charge in [0, 0.05) is 24.4 Å². The summed E-state index contributed by atoms with van der Waals surface area (Å²) in [5, 5.41) is 13.6. The number of thioether (sulfide) groups is 1. The summed E-state index contributed by atoms with van der Waals surface area (Å²) in [6, 6.07) is 11.6. The van der Waals surface area contributed by atoms with Crippen molar-refractivity contribution in [2.75, 3.05) is 29.4 Å². The van der Waals surface area contributed by atoms with Gasteiger partial charge in [-0.25, -0.2) is 12.8 Å². The highest BCUT2D eigenvalue weighted by Gasteiger charge is 2.22. The number of nitrogens with one attached hydrogen (secondary N) is 1. The molecule has 0 saturated heterocycles. The smallest absolute Gasteiger partial charge is 0.271 e. The monoisotopic (exact) mass is 455 g/mol. The number of nitro benzene ring substituents is 1. The molecule has 0 radical (unpaired) electrons. The molecular formula is C19H22FN3O5S2. The zero-order valence-corrected chi connectivity index (χ0v) is 17.9. The van der Waals surface area contributed by atoms with Crippen LogP contribution in [0.5, 0.6) is 0 Å². The van der Waals surface area contributed by atoms with E-state index in [2.05, 4.69) is 5.32 Å². The summed E-state index contributed by atoms with van der Waals surface area (Å²) >= 11 is 1.53. The van der Waals surface area contributed by atoms with Crippen LogP contribution in [-0.4, -0.2) is 44.3 Å². The van der Waals surface area contributed by atoms with E-state index in [-0.39, 0.29) is 17.2 Å². The third-order valence-corrected chi connectivity index (χ3v) is 6.25. The molecule has 0 saturated carbocycles. The van der Waals surface area contributed by atoms with Gasteiger partial charge in [-0.15, -0.1) is 0 Å². The Balaban J connectivity index is 1.83. The summed E-state index contributed by atoms with van der Waals surface area (Å²) in [6.07, 6.45) is 1.55. The fraction of sp³-hybridized carbons (Fsp3) is 0.316. The molecule has 8 nitrogen and oxygen atoms in total. The van der Waals surface area contributed by atoms with E-state index in [9.17, 15) is 27.7 Å². The first kappa shape index (κ1) is 23.6. The minimum absolute atomic E-state index is 0.0438. The normalized spacial score (nSPS) is 11.1. The summed E-state index contributed by atoms with van der Waals surface area (Å²) in [6.45, 7) is -0.155. The second-order valence-electron chi connectivity index (χ2n) is 6.39. The Bertz CT molecular complexity index is 1000. The molecule has 0 spiro atoms. The molecule has 0 aliphatic heterocycles. The Kier molecular flexibility index (Phi) is 8.60. The van der Waals surface area contributed by atoms with Gasteiger partial charge in [-0.1, -0.05) is 24.3 Å². The number of rotatable bonds is 11. The van der Waals surface area contributed by atoms with Gasteiger partial charge in [-0.05, 0) is 29.9 Å². The van der Waals surface area contributed by atoms with Crippen molar-refractivity contribution in [3.63, 3.8) is 0 Å². The minimum Gasteiger partial charge on any atom is -0.354 e. The highest BCUT2D eigenvalue weighted by Crippen LogP contribution is 2.23. The number of sulfonamides is 1. The summed E-state index contributed by atoms with van der Waals surface area (Å²) in [4.78, 5) is 22.5. The zero-order valence-electron chi connectivity index (χ0n) is 16.3. The molecule has 2 aromatic carbocycles. The molecule has 0 aromatic heterocycles. The molecule has 162 valence electrons. The number of hydrogen-bond donors (Lipinski definition) is 1. The number of halogens is 1. The van der Waals surface area contributed by atoms with Crippen molar-refractivity contribution in [1.29, 1.82) is 0 Å². The number of nitro groups is 1. The predicted octanol–water partition coefficient (Wildman–Crippen LogP) is 2.94. The Morgan fingerprint density at radius 2 is 1.97 bits per heavy atom. The molecule has 11 heteroatoms. The van der Waals surface area contributed by atoms with Gasteiger partial charge in [0.25, 0.3) is 5.69 Å². The summed E-state index contributed by atoms with van der Waals surface area (Å²) in [7, 11) is -3.82. The van der Waals surface area contributed by atoms with Crippen molar-refractivity contribution < 1.29 is 22.5 Å². The first-order chi connectivity index (χ1) is 14.2. The maximum absolute atomic E-state index is 13.5. The molecule has 1 N–H and O–H groups in total. The van der Waals surface area contributed by atoms with Crippen molar-refractivity contribution in [3.05, 3.63) is 70.0 Å². The van der Waals surface area contributed by atoms with Gasteiger partial charge in [0.05, 0.1) is 16.9 Å². The lowest BCUT2D eigenvalue weighted by Gasteiger charge is -2.21. The maximum atomic E-state index is 13.5. The standard InChI is InChI=1S/C19H22FN3O5S2/c1-30(27,28)22(16-7-4-8-17(12-16)23(25)26)13-19(24)21-10-5-11-29-14-15-6-2-3-9-18(15)20/h2-4,6-9,12H,5,10-11,13-14H2,1H3,(H,21,24). The van der Waals surface area contributed by atoms with Crippen molar-refractivity contribution in [2.45, 2.75) is 12.2 Å². The second-order valence-corrected chi connectivity index (χ2v) is 9.41. The molecule has 30 heavy (non-hydrogen) atoms. The van der Waals surface area contributed by atoms with Crippen LogP contribution in [0.1, 0.15) is 12.0 Å². The lowest BCUT2D eigenvalue weighted by Crippen LogP contribution is -2.40. The maximum Gasteiger partial charge on any atom is 0.271 e. The van der Waals surface area contributed by atoms with Crippen molar-refractivity contribution >= 4 is 39.1 Å². The van der Waals surface area contributed by atoms with E-state index < -0.39 is 27.4 Å². The first-order valence-electron chi connectivity index (χ1n) is 8.98. The van der Waals surface area contributed by atoms with E-state index in [4.69, 9.17) is 0 Å². The van der Waals surface area contributed by atoms with Gasteiger partial charge < -0.3 is 5.32 Å². The fourth-order valence-electron chi connectivity index (χ4n) is 2.55. The number of carbonyl (C=O) groups is 1. The van der Waals surface area contributed by atoms with Gasteiger partial charge in [0.15, 0.2) is 0 Å². The molecule has 2 aromatic rings. The van der Waals surface area contributed by atoms with Gasteiger partial charge in [0.1, 0.15) is 12.4 Å². The molecule has 0 atom stereocenters. The van der Waals surface area contributed by atoms with E-state index in [0.29, 0.717) is 30.0 Å². The largest absolute Gasteiger partial charge is 0.354 e. The van der Waals surface area contributed by atoms with Crippen LogP contribution in [0, 0.1) is 15.9 Å². The molecule has 0 aliphatic rings. The van der Waals surface area contributed by atoms with E-state index in [1.165, 1.54) is 36.0 Å². The van der Waals surface area contributed by atoms with E-state index in [1.807, 2.05) is 0 Å². The topological polar surface area (TPSA) is 110 Å². The Labute approximate surface area is 178 Å². The van der Waals surface area contributed by atoms with Gasteiger partial charge in [-0.2, -0.15) is 11.8 Å². The van der Waals surface area contributed by atoms with Gasteiger partial charge >= 0.3 is 0 Å². The predicted molar refractivity (Wildman–Crippen MR) is 115 cm³/mol. The molecular weight excluding hydrogens is 433 g/mol. The molecule has 0 fully saturated rings. The summed E-state index contributed by atoms with van der Waals surface area (Å²) in [5.74, 6) is 0.441. The number of nitrogens with zero attached hydrogens (tertiary/aromatic N) is 2. The van der Waals surface area contributed by atoms with Crippen molar-refractivity contribution in [3.8, 4) is 0 Å². The zero-order chi connectivity index (χ0) is 22.1. The molecule has 0 aliphatic carbocycles. The molecule has 0 heterocycles. The Hall–Kier alpha value is -2.66. The summed E-state index contributed by atoms with van der Waals surface area (Å²) < 4.78 is 38.5. The average Bonchev–Trinajstić information content (AvgIpc) is 2.69.